The third-order valence-electron chi connectivity index (χ3n) is 5.02. The number of allylic oxidation sites excluding steroid dienone is 1. The number of anilines is 2. The fourth-order valence-electron chi connectivity index (χ4n) is 3.49. The second-order valence-electron chi connectivity index (χ2n) is 7.50. The highest BCUT2D eigenvalue weighted by atomic mass is 16.5. The molecule has 0 bridgehead atoms. The van der Waals surface area contributed by atoms with Crippen LogP contribution in [0.5, 0.6) is 5.75 Å². The minimum Gasteiger partial charge on any atom is -0.495 e. The molecule has 0 spiro atoms. The summed E-state index contributed by atoms with van der Waals surface area (Å²) < 4.78 is 5.32. The van der Waals surface area contributed by atoms with Crippen molar-refractivity contribution in [2.24, 2.45) is 0 Å². The Labute approximate surface area is 159 Å². The van der Waals surface area contributed by atoms with Crippen molar-refractivity contribution < 1.29 is 30.3 Å². The molecule has 0 radical (unpaired) electrons. The van der Waals surface area contributed by atoms with Crippen molar-refractivity contribution in [2.45, 2.75) is 50.7 Å². The summed E-state index contributed by atoms with van der Waals surface area (Å²) in [5.74, 6) is 0.495. The minimum absolute atomic E-state index is 0.0206. The molecule has 0 amide bonds. The Hall–Kier alpha value is -1.84. The lowest BCUT2D eigenvalue weighted by atomic mass is 9.87. The first-order chi connectivity index (χ1) is 12.5. The smallest absolute Gasteiger partial charge is 0.143 e. The van der Waals surface area contributed by atoms with Gasteiger partial charge in [0.1, 0.15) is 24.1 Å². The van der Waals surface area contributed by atoms with Crippen LogP contribution in [0.2, 0.25) is 0 Å². The van der Waals surface area contributed by atoms with Crippen molar-refractivity contribution >= 4 is 16.9 Å². The zero-order valence-corrected chi connectivity index (χ0v) is 16.1. The van der Waals surface area contributed by atoms with E-state index in [-0.39, 0.29) is 6.54 Å². The van der Waals surface area contributed by atoms with Crippen LogP contribution in [0.25, 0.3) is 5.57 Å². The van der Waals surface area contributed by atoms with Gasteiger partial charge in [0.15, 0.2) is 0 Å². The Morgan fingerprint density at radius 3 is 2.26 bits per heavy atom. The Balaban J connectivity index is 2.38. The van der Waals surface area contributed by atoms with E-state index >= 15 is 0 Å². The molecule has 8 nitrogen and oxygen atoms in total. The number of nitrogen functional groups attached to an aromatic ring is 1. The fraction of sp³-hybridized carbons (Fsp3) is 0.579. The van der Waals surface area contributed by atoms with Gasteiger partial charge in [-0.3, -0.25) is 0 Å². The van der Waals surface area contributed by atoms with E-state index in [1.54, 1.807) is 12.1 Å². The van der Waals surface area contributed by atoms with Crippen LogP contribution in [0.1, 0.15) is 26.3 Å². The number of aliphatic hydroxyl groups is 5. The van der Waals surface area contributed by atoms with Crippen LogP contribution in [0.4, 0.5) is 11.4 Å². The van der Waals surface area contributed by atoms with Crippen LogP contribution >= 0.6 is 0 Å². The number of methoxy groups -OCH3 is 1. The molecule has 1 aromatic rings. The molecule has 1 heterocycles. The molecular formula is C19H30N2O6. The molecule has 7 N–H and O–H groups in total. The van der Waals surface area contributed by atoms with Crippen molar-refractivity contribution in [3.8, 4) is 5.75 Å². The molecule has 0 fully saturated rings. The summed E-state index contributed by atoms with van der Waals surface area (Å²) in [6.07, 6.45) is -4.19. The maximum Gasteiger partial charge on any atom is 0.143 e. The highest BCUT2D eigenvalue weighted by Gasteiger charge is 2.37. The van der Waals surface area contributed by atoms with E-state index in [4.69, 9.17) is 15.6 Å². The fourth-order valence-corrected chi connectivity index (χ4v) is 3.49. The van der Waals surface area contributed by atoms with Crippen molar-refractivity contribution in [2.75, 3.05) is 30.9 Å². The molecule has 27 heavy (non-hydrogen) atoms. The Morgan fingerprint density at radius 1 is 1.11 bits per heavy atom. The summed E-state index contributed by atoms with van der Waals surface area (Å²) in [5.41, 5.74) is 8.69. The maximum absolute atomic E-state index is 10.5. The third-order valence-corrected chi connectivity index (χ3v) is 5.02. The van der Waals surface area contributed by atoms with Gasteiger partial charge in [-0.05, 0) is 32.4 Å². The molecule has 152 valence electrons. The third kappa shape index (κ3) is 4.20. The van der Waals surface area contributed by atoms with E-state index in [9.17, 15) is 20.4 Å². The predicted octanol–water partition coefficient (Wildman–Crippen LogP) is -0.285. The van der Waals surface area contributed by atoms with E-state index in [0.717, 1.165) is 16.8 Å². The number of hydrogen-bond donors (Lipinski definition) is 6. The number of β-amino-alcohol motifs (C(OH)–C–C–N with tert-alkyl or cyclic N) is 1. The maximum atomic E-state index is 10.5. The number of nitrogens with two attached hydrogens (primary N) is 1. The lowest BCUT2D eigenvalue weighted by Gasteiger charge is -2.45. The first-order valence-corrected chi connectivity index (χ1v) is 8.81. The number of rotatable bonds is 7. The highest BCUT2D eigenvalue weighted by molar-refractivity contribution is 5.85. The van der Waals surface area contributed by atoms with Crippen molar-refractivity contribution in [1.29, 1.82) is 0 Å². The van der Waals surface area contributed by atoms with E-state index in [0.29, 0.717) is 11.4 Å². The first kappa shape index (κ1) is 21.5. The zero-order chi connectivity index (χ0) is 20.5. The van der Waals surface area contributed by atoms with E-state index in [1.165, 1.54) is 7.11 Å². The summed E-state index contributed by atoms with van der Waals surface area (Å²) in [5, 5.41) is 49.0. The second-order valence-corrected chi connectivity index (χ2v) is 7.50. The predicted molar refractivity (Wildman–Crippen MR) is 104 cm³/mol. The summed E-state index contributed by atoms with van der Waals surface area (Å²) >= 11 is 0. The molecule has 4 unspecified atom stereocenters. The van der Waals surface area contributed by atoms with Crippen molar-refractivity contribution in [3.63, 3.8) is 0 Å². The number of ether oxygens (including phenoxy) is 1. The largest absolute Gasteiger partial charge is 0.495 e. The van der Waals surface area contributed by atoms with Gasteiger partial charge in [0.05, 0.1) is 31.0 Å². The second kappa shape index (κ2) is 8.04. The van der Waals surface area contributed by atoms with Crippen molar-refractivity contribution in [3.05, 3.63) is 23.8 Å². The Morgan fingerprint density at radius 2 is 1.70 bits per heavy atom. The monoisotopic (exact) mass is 382 g/mol. The van der Waals surface area contributed by atoms with E-state index in [2.05, 4.69) is 0 Å². The number of nitrogens with zero attached hydrogens (tertiary/aromatic N) is 1. The van der Waals surface area contributed by atoms with Crippen LogP contribution in [0, 0.1) is 0 Å². The van der Waals surface area contributed by atoms with Gasteiger partial charge < -0.3 is 40.9 Å². The van der Waals surface area contributed by atoms with Gasteiger partial charge in [-0.15, -0.1) is 0 Å². The molecule has 0 saturated carbocycles. The molecule has 1 aromatic carbocycles. The normalized spacial score (nSPS) is 20.3. The summed E-state index contributed by atoms with van der Waals surface area (Å²) in [6, 6.07) is 3.58. The number of benzene rings is 1. The Kier molecular flexibility index (Phi) is 6.39. The van der Waals surface area contributed by atoms with Gasteiger partial charge >= 0.3 is 0 Å². The molecule has 0 saturated heterocycles. The summed E-state index contributed by atoms with van der Waals surface area (Å²) in [7, 11) is 1.52. The molecule has 4 atom stereocenters. The lowest BCUT2D eigenvalue weighted by Crippen LogP contribution is -2.54. The number of hydrogen-bond acceptors (Lipinski definition) is 8. The quantitative estimate of drug-likeness (QED) is 0.354. The van der Waals surface area contributed by atoms with Crippen LogP contribution in [-0.4, -0.2) is 75.7 Å². The molecule has 8 heteroatoms. The summed E-state index contributed by atoms with van der Waals surface area (Å²) in [4.78, 5) is 1.88. The summed E-state index contributed by atoms with van der Waals surface area (Å²) in [6.45, 7) is 5.14. The van der Waals surface area contributed by atoms with E-state index in [1.807, 2.05) is 31.7 Å². The van der Waals surface area contributed by atoms with Crippen LogP contribution in [0.3, 0.4) is 0 Å². The Bertz CT molecular complexity index is 706. The SMILES string of the molecule is COc1cc2c(cc1N)C(C)=CC(C)(C)N2CC(O)C(O)C(O)C(O)CO. The van der Waals surface area contributed by atoms with Crippen molar-refractivity contribution in [1.82, 2.24) is 0 Å². The standard InChI is InChI=1S/C19H30N2O6/c1-10-7-19(2,3)21(8-14(23)17(25)18(26)15(24)9-22)13-6-16(27-4)12(20)5-11(10)13/h5-7,14-15,17-18,22-26H,8-9,20H2,1-4H3. The van der Waals surface area contributed by atoms with Crippen LogP contribution in [0.15, 0.2) is 18.2 Å². The molecule has 0 aromatic heterocycles. The average Bonchev–Trinajstić information content (AvgIpc) is 2.62. The van der Waals surface area contributed by atoms with Gasteiger partial charge in [-0.1, -0.05) is 6.08 Å². The van der Waals surface area contributed by atoms with Gasteiger partial charge in [0.25, 0.3) is 0 Å². The van der Waals surface area contributed by atoms with Crippen LogP contribution in [-0.2, 0) is 0 Å². The number of fused-ring (bicyclic) bond motifs is 1. The molecule has 2 rings (SSSR count). The van der Waals surface area contributed by atoms with Gasteiger partial charge in [-0.25, -0.2) is 0 Å². The molecule has 1 aliphatic heterocycles. The lowest BCUT2D eigenvalue weighted by molar-refractivity contribution is -0.113. The van der Waals surface area contributed by atoms with Gasteiger partial charge in [0, 0.05) is 23.9 Å². The molecule has 0 aliphatic carbocycles. The zero-order valence-electron chi connectivity index (χ0n) is 16.1. The number of aliphatic hydroxyl groups excluding tert-OH is 5. The molecule has 1 aliphatic rings. The highest BCUT2D eigenvalue weighted by Crippen LogP contribution is 2.43. The van der Waals surface area contributed by atoms with Gasteiger partial charge in [0.2, 0.25) is 0 Å². The first-order valence-electron chi connectivity index (χ1n) is 8.81. The average molecular weight is 382 g/mol. The topological polar surface area (TPSA) is 140 Å². The van der Waals surface area contributed by atoms with Crippen LogP contribution < -0.4 is 15.4 Å². The minimum atomic E-state index is -1.67. The molecular weight excluding hydrogens is 352 g/mol. The van der Waals surface area contributed by atoms with Gasteiger partial charge in [-0.2, -0.15) is 0 Å². The van der Waals surface area contributed by atoms with E-state index < -0.39 is 36.6 Å².